The van der Waals surface area contributed by atoms with Crippen molar-refractivity contribution in [3.8, 4) is 23.5 Å². The minimum absolute atomic E-state index is 0.0489. The lowest BCUT2D eigenvalue weighted by Crippen LogP contribution is -2.45. The van der Waals surface area contributed by atoms with Gasteiger partial charge < -0.3 is 23.2 Å². The summed E-state index contributed by atoms with van der Waals surface area (Å²) in [4.78, 5) is 6.32. The van der Waals surface area contributed by atoms with E-state index in [1.54, 1.807) is 6.07 Å². The number of oxazole rings is 1. The fourth-order valence-corrected chi connectivity index (χ4v) is 3.48. The van der Waals surface area contributed by atoms with Gasteiger partial charge >= 0.3 is 0 Å². The molecule has 3 aromatic rings. The number of rotatable bonds is 5. The van der Waals surface area contributed by atoms with E-state index in [9.17, 15) is 5.26 Å². The molecule has 3 heterocycles. The maximum Gasteiger partial charge on any atom is 0.266 e. The number of morpholine rings is 1. The molecule has 7 nitrogen and oxygen atoms in total. The van der Waals surface area contributed by atoms with Crippen molar-refractivity contribution >= 4 is 5.88 Å². The van der Waals surface area contributed by atoms with Crippen LogP contribution in [0.5, 0.6) is 5.75 Å². The minimum atomic E-state index is 0.0489. The fourth-order valence-electron chi connectivity index (χ4n) is 3.48. The molecular formula is C22H23N3O4. The highest BCUT2D eigenvalue weighted by Gasteiger charge is 2.28. The van der Waals surface area contributed by atoms with Gasteiger partial charge in [-0.25, -0.2) is 0 Å². The molecule has 150 valence electrons. The van der Waals surface area contributed by atoms with E-state index >= 15 is 0 Å². The van der Waals surface area contributed by atoms with Crippen molar-refractivity contribution in [3.05, 3.63) is 53.4 Å². The summed E-state index contributed by atoms with van der Waals surface area (Å²) in [5.41, 5.74) is 1.38. The first-order valence-electron chi connectivity index (χ1n) is 9.61. The van der Waals surface area contributed by atoms with Crippen molar-refractivity contribution in [3.63, 3.8) is 0 Å². The van der Waals surface area contributed by atoms with Crippen LogP contribution in [0.2, 0.25) is 0 Å². The van der Waals surface area contributed by atoms with Gasteiger partial charge in [-0.2, -0.15) is 10.2 Å². The second-order valence-electron chi connectivity index (χ2n) is 7.32. The zero-order valence-corrected chi connectivity index (χ0v) is 16.7. The summed E-state index contributed by atoms with van der Waals surface area (Å²) in [6.45, 7) is 7.59. The molecule has 0 aliphatic carbocycles. The summed E-state index contributed by atoms with van der Waals surface area (Å²) in [5, 5.41) is 9.50. The van der Waals surface area contributed by atoms with Crippen LogP contribution >= 0.6 is 0 Å². The summed E-state index contributed by atoms with van der Waals surface area (Å²) in [7, 11) is 0. The Labute approximate surface area is 169 Å². The highest BCUT2D eigenvalue weighted by molar-refractivity contribution is 5.56. The van der Waals surface area contributed by atoms with E-state index in [1.807, 2.05) is 56.0 Å². The SMILES string of the molecule is Cc1cccc(OCc2ccc(-c3nc(C#N)c(N4C[C@@H](C)O[C@H](C)C4)o3)o2)c1. The van der Waals surface area contributed by atoms with Gasteiger partial charge in [0.2, 0.25) is 11.6 Å². The number of hydrogen-bond acceptors (Lipinski definition) is 7. The molecular weight excluding hydrogens is 370 g/mol. The van der Waals surface area contributed by atoms with E-state index in [4.69, 9.17) is 18.3 Å². The van der Waals surface area contributed by atoms with E-state index in [0.717, 1.165) is 11.3 Å². The van der Waals surface area contributed by atoms with E-state index in [-0.39, 0.29) is 23.8 Å². The summed E-state index contributed by atoms with van der Waals surface area (Å²) >= 11 is 0. The van der Waals surface area contributed by atoms with Crippen molar-refractivity contribution in [1.82, 2.24) is 4.98 Å². The Morgan fingerprint density at radius 2 is 1.97 bits per heavy atom. The molecule has 1 aliphatic rings. The normalized spacial score (nSPS) is 19.2. The van der Waals surface area contributed by atoms with Crippen molar-refractivity contribution in [2.45, 2.75) is 39.6 Å². The monoisotopic (exact) mass is 393 g/mol. The number of ether oxygens (including phenoxy) is 2. The molecule has 1 saturated heterocycles. The van der Waals surface area contributed by atoms with Gasteiger partial charge in [0.05, 0.1) is 12.2 Å². The smallest absolute Gasteiger partial charge is 0.266 e. The van der Waals surface area contributed by atoms with Gasteiger partial charge in [0.25, 0.3) is 5.89 Å². The molecule has 4 rings (SSSR count). The van der Waals surface area contributed by atoms with Gasteiger partial charge in [0, 0.05) is 13.1 Å². The Balaban J connectivity index is 1.50. The molecule has 0 radical (unpaired) electrons. The van der Waals surface area contributed by atoms with Crippen LogP contribution in [0.3, 0.4) is 0 Å². The van der Waals surface area contributed by atoms with Crippen LogP contribution < -0.4 is 9.64 Å². The van der Waals surface area contributed by atoms with E-state index in [0.29, 0.717) is 37.1 Å². The molecule has 7 heteroatoms. The molecule has 0 N–H and O–H groups in total. The van der Waals surface area contributed by atoms with E-state index in [1.165, 1.54) is 0 Å². The highest BCUT2D eigenvalue weighted by Crippen LogP contribution is 2.31. The Bertz CT molecular complexity index is 1020. The van der Waals surface area contributed by atoms with Crippen LogP contribution in [0.1, 0.15) is 30.9 Å². The summed E-state index contributed by atoms with van der Waals surface area (Å²) in [6, 6.07) is 13.5. The number of anilines is 1. The molecule has 29 heavy (non-hydrogen) atoms. The molecule has 0 spiro atoms. The average Bonchev–Trinajstić information content (AvgIpc) is 3.32. The van der Waals surface area contributed by atoms with Crippen molar-refractivity contribution in [1.29, 1.82) is 5.26 Å². The van der Waals surface area contributed by atoms with Crippen LogP contribution in [-0.2, 0) is 11.3 Å². The van der Waals surface area contributed by atoms with Crippen LogP contribution in [0.4, 0.5) is 5.88 Å². The molecule has 0 bridgehead atoms. The van der Waals surface area contributed by atoms with Crippen LogP contribution in [0, 0.1) is 18.3 Å². The van der Waals surface area contributed by atoms with Crippen LogP contribution in [-0.4, -0.2) is 30.3 Å². The molecule has 1 aromatic carbocycles. The van der Waals surface area contributed by atoms with Crippen LogP contribution in [0.25, 0.3) is 11.7 Å². The van der Waals surface area contributed by atoms with Crippen molar-refractivity contribution in [2.24, 2.45) is 0 Å². The topological polar surface area (TPSA) is 84.7 Å². The summed E-state index contributed by atoms with van der Waals surface area (Å²) in [5.74, 6) is 2.63. The second kappa shape index (κ2) is 8.02. The Morgan fingerprint density at radius 1 is 1.17 bits per heavy atom. The van der Waals surface area contributed by atoms with Gasteiger partial charge in [-0.3, -0.25) is 0 Å². The third kappa shape index (κ3) is 4.28. The first kappa shape index (κ1) is 19.1. The molecule has 2 aromatic heterocycles. The number of aromatic nitrogens is 1. The lowest BCUT2D eigenvalue weighted by atomic mass is 10.2. The average molecular weight is 393 g/mol. The van der Waals surface area contributed by atoms with Gasteiger partial charge in [-0.05, 0) is 50.6 Å². The lowest BCUT2D eigenvalue weighted by Gasteiger charge is -2.34. The van der Waals surface area contributed by atoms with Gasteiger partial charge in [0.1, 0.15) is 24.2 Å². The molecule has 2 atom stereocenters. The van der Waals surface area contributed by atoms with Gasteiger partial charge in [-0.15, -0.1) is 0 Å². The number of furan rings is 1. The number of aryl methyl sites for hydroxylation is 1. The quantitative estimate of drug-likeness (QED) is 0.638. The number of benzene rings is 1. The summed E-state index contributed by atoms with van der Waals surface area (Å²) in [6.07, 6.45) is 0.0978. The minimum Gasteiger partial charge on any atom is -0.486 e. The Morgan fingerprint density at radius 3 is 2.69 bits per heavy atom. The molecule has 0 unspecified atom stereocenters. The van der Waals surface area contributed by atoms with Gasteiger partial charge in [0.15, 0.2) is 5.76 Å². The standard InChI is InChI=1S/C22H23N3O4/c1-14-5-4-6-17(9-14)26-13-18-7-8-20(28-18)21-24-19(10-23)22(29-21)25-11-15(2)27-16(3)12-25/h4-9,15-16H,11-13H2,1-3H3/t15-,16-/m1/s1. The predicted molar refractivity (Wildman–Crippen MR) is 107 cm³/mol. The number of hydrogen-bond donors (Lipinski definition) is 0. The van der Waals surface area contributed by atoms with Crippen molar-refractivity contribution < 1.29 is 18.3 Å². The second-order valence-corrected chi connectivity index (χ2v) is 7.32. The van der Waals surface area contributed by atoms with E-state index < -0.39 is 0 Å². The molecule has 0 saturated carbocycles. The first-order valence-corrected chi connectivity index (χ1v) is 9.61. The van der Waals surface area contributed by atoms with Gasteiger partial charge in [-0.1, -0.05) is 12.1 Å². The van der Waals surface area contributed by atoms with E-state index in [2.05, 4.69) is 11.1 Å². The zero-order chi connectivity index (χ0) is 20.4. The number of nitrogens with zero attached hydrogens (tertiary/aromatic N) is 3. The fraction of sp³-hybridized carbons (Fsp3) is 0.364. The Hall–Kier alpha value is -3.24. The predicted octanol–water partition coefficient (Wildman–Crippen LogP) is 4.31. The molecule has 1 fully saturated rings. The van der Waals surface area contributed by atoms with Crippen molar-refractivity contribution in [2.75, 3.05) is 18.0 Å². The highest BCUT2D eigenvalue weighted by atomic mass is 16.5. The zero-order valence-electron chi connectivity index (χ0n) is 16.7. The third-order valence-corrected chi connectivity index (χ3v) is 4.67. The van der Waals surface area contributed by atoms with Crippen LogP contribution in [0.15, 0.2) is 45.2 Å². The maximum absolute atomic E-state index is 9.50. The number of nitriles is 1. The maximum atomic E-state index is 9.50. The Kier molecular flexibility index (Phi) is 5.28. The third-order valence-electron chi connectivity index (χ3n) is 4.67. The first-order chi connectivity index (χ1) is 14.0. The summed E-state index contributed by atoms with van der Waals surface area (Å²) < 4.78 is 23.3. The lowest BCUT2D eigenvalue weighted by molar-refractivity contribution is -0.00639. The molecule has 0 amide bonds. The molecule has 1 aliphatic heterocycles. The largest absolute Gasteiger partial charge is 0.486 e.